The average molecular weight is 704 g/mol. The van der Waals surface area contributed by atoms with Gasteiger partial charge in [-0.25, -0.2) is 14.6 Å². The van der Waals surface area contributed by atoms with Gasteiger partial charge in [-0.2, -0.15) is 0 Å². The number of cyclic esters (lactones) is 1. The Bertz CT molecular complexity index is 1620. The number of hydrogen-bond donors (Lipinski definition) is 2. The van der Waals surface area contributed by atoms with Crippen LogP contribution in [0.1, 0.15) is 79.1 Å². The fourth-order valence-electron chi connectivity index (χ4n) is 5.83. The fraction of sp³-hybridized carbons (Fsp3) is 0.462. The number of carbonyl (C=O) groups excluding carboxylic acids is 2. The maximum absolute atomic E-state index is 13.8. The van der Waals surface area contributed by atoms with Gasteiger partial charge >= 0.3 is 11.9 Å². The highest BCUT2D eigenvalue weighted by Gasteiger charge is 2.45. The van der Waals surface area contributed by atoms with Gasteiger partial charge in [-0.05, 0) is 76.4 Å². The number of nitrogens with zero attached hydrogens (tertiary/aromatic N) is 1. The molecular formula is C39H49N3O9. The molecule has 0 amide bonds. The van der Waals surface area contributed by atoms with Crippen LogP contribution in [-0.2, 0) is 30.2 Å². The van der Waals surface area contributed by atoms with Crippen LogP contribution in [0.4, 0.5) is 0 Å². The van der Waals surface area contributed by atoms with Crippen molar-refractivity contribution in [3.05, 3.63) is 95.6 Å². The number of ether oxygens (including phenoxy) is 7. The summed E-state index contributed by atoms with van der Waals surface area (Å²) in [5.74, 6) is -0.476. The molecule has 2 aliphatic heterocycles. The number of aromatic amines is 1. The molecule has 3 aromatic rings. The molecule has 5 rings (SSSR count). The van der Waals surface area contributed by atoms with Crippen molar-refractivity contribution in [3.63, 3.8) is 0 Å². The van der Waals surface area contributed by atoms with Crippen molar-refractivity contribution in [2.75, 3.05) is 27.1 Å². The van der Waals surface area contributed by atoms with Crippen LogP contribution in [0.2, 0.25) is 0 Å². The van der Waals surface area contributed by atoms with Crippen LogP contribution in [0.25, 0.3) is 6.08 Å². The predicted octanol–water partition coefficient (Wildman–Crippen LogP) is 6.24. The molecule has 1 unspecified atom stereocenters. The maximum Gasteiger partial charge on any atom is 0.342 e. The predicted molar refractivity (Wildman–Crippen MR) is 190 cm³/mol. The summed E-state index contributed by atoms with van der Waals surface area (Å²) in [6.07, 6.45) is 10.7. The summed E-state index contributed by atoms with van der Waals surface area (Å²) in [5.41, 5.74) is 1.24. The smallest absolute Gasteiger partial charge is 0.342 e. The second-order valence-corrected chi connectivity index (χ2v) is 13.1. The van der Waals surface area contributed by atoms with Gasteiger partial charge in [0, 0.05) is 31.5 Å². The molecule has 12 heteroatoms. The van der Waals surface area contributed by atoms with Gasteiger partial charge in [0.15, 0.2) is 12.6 Å². The summed E-state index contributed by atoms with van der Waals surface area (Å²) >= 11 is 0. The number of unbranched alkanes of at least 4 members (excludes halogenated alkanes) is 1. The first-order chi connectivity index (χ1) is 24.6. The van der Waals surface area contributed by atoms with E-state index in [4.69, 9.17) is 33.2 Å². The zero-order valence-corrected chi connectivity index (χ0v) is 30.0. The van der Waals surface area contributed by atoms with Crippen molar-refractivity contribution >= 4 is 18.0 Å². The van der Waals surface area contributed by atoms with Gasteiger partial charge in [0.25, 0.3) is 0 Å². The Morgan fingerprint density at radius 3 is 2.67 bits per heavy atom. The molecule has 12 nitrogen and oxygen atoms in total. The number of rotatable bonds is 13. The van der Waals surface area contributed by atoms with Crippen molar-refractivity contribution in [1.29, 1.82) is 0 Å². The van der Waals surface area contributed by atoms with Crippen LogP contribution in [-0.4, -0.2) is 79.2 Å². The number of fused-ring (bicyclic) bond motifs is 2. The van der Waals surface area contributed by atoms with Gasteiger partial charge in [-0.15, -0.1) is 0 Å². The van der Waals surface area contributed by atoms with Crippen LogP contribution in [0.5, 0.6) is 11.5 Å². The quantitative estimate of drug-likeness (QED) is 0.0905. The first-order valence-electron chi connectivity index (χ1n) is 17.4. The molecule has 1 aromatic heterocycles. The summed E-state index contributed by atoms with van der Waals surface area (Å²) in [7, 11) is 1.51. The Hall–Kier alpha value is -4.49. The number of carbonyl (C=O) groups is 2. The molecule has 1 saturated heterocycles. The lowest BCUT2D eigenvalue weighted by atomic mass is 9.98. The number of aromatic nitrogens is 2. The van der Waals surface area contributed by atoms with Gasteiger partial charge in [0.2, 0.25) is 0 Å². The number of nitrogens with one attached hydrogen (secondary N) is 2. The number of benzene rings is 2. The van der Waals surface area contributed by atoms with Crippen molar-refractivity contribution < 1.29 is 42.7 Å². The van der Waals surface area contributed by atoms with Crippen LogP contribution in [0.3, 0.4) is 0 Å². The molecule has 0 bridgehead atoms. The molecule has 2 aromatic carbocycles. The molecule has 5 atom stereocenters. The molecule has 1 fully saturated rings. The van der Waals surface area contributed by atoms with Gasteiger partial charge in [-0.1, -0.05) is 43.4 Å². The lowest BCUT2D eigenvalue weighted by Crippen LogP contribution is -2.37. The number of esters is 2. The van der Waals surface area contributed by atoms with Gasteiger partial charge < -0.3 is 43.5 Å². The topological polar surface area (TPSA) is 139 Å². The molecule has 0 spiro atoms. The summed E-state index contributed by atoms with van der Waals surface area (Å²) in [4.78, 5) is 34.3. The highest BCUT2D eigenvalue weighted by molar-refractivity contribution is 5.97. The molecule has 51 heavy (non-hydrogen) atoms. The maximum atomic E-state index is 13.8. The van der Waals surface area contributed by atoms with Gasteiger partial charge in [0.1, 0.15) is 41.2 Å². The molecule has 0 aliphatic carbocycles. The SMILES string of the molecule is COCOc1cc(OCCCCNCc2ncc[nH]2)cc2c1C(=O)O[C@@H](C)[C@H](C)C=CC(OC(=O)c1ccccc1)[C@H]1OC(C)(C)O[C@H]1CC=C2. The van der Waals surface area contributed by atoms with Crippen LogP contribution < -0.4 is 14.8 Å². The van der Waals surface area contributed by atoms with E-state index in [2.05, 4.69) is 15.3 Å². The Labute approximate surface area is 299 Å². The molecule has 2 N–H and O–H groups in total. The van der Waals surface area contributed by atoms with E-state index in [9.17, 15) is 9.59 Å². The molecule has 2 aliphatic rings. The molecular weight excluding hydrogens is 654 g/mol. The minimum Gasteiger partial charge on any atom is -0.493 e. The Balaban J connectivity index is 1.38. The standard InChI is InChI=1S/C39H49N3O9/c1-26-16-17-31(49-37(43)28-12-7-6-8-13-28)36-32(50-39(3,4)51-36)15-11-14-29-22-30(46-21-10-9-18-40-24-34-41-19-20-42-34)23-33(47-25-45-5)35(29)38(44)48-27(26)2/h6-8,11-14,16-17,19-20,22-23,26-27,31-32,36,40H,9-10,15,18,21,24-25H2,1-5H3,(H,41,42)/t26-,27+,31?,32+,36-/m1/s1. The lowest BCUT2D eigenvalue weighted by Gasteiger charge is -2.25. The van der Waals surface area contributed by atoms with E-state index < -0.39 is 42.1 Å². The van der Waals surface area contributed by atoms with E-state index in [0.29, 0.717) is 36.4 Å². The van der Waals surface area contributed by atoms with Crippen molar-refractivity contribution in [2.45, 2.75) is 83.7 Å². The largest absolute Gasteiger partial charge is 0.493 e. The van der Waals surface area contributed by atoms with E-state index in [1.807, 2.05) is 52.0 Å². The molecule has 3 heterocycles. The summed E-state index contributed by atoms with van der Waals surface area (Å²) in [6, 6.07) is 12.3. The zero-order valence-electron chi connectivity index (χ0n) is 30.0. The minimum atomic E-state index is -0.922. The Kier molecular flexibility index (Phi) is 13.4. The third-order valence-electron chi connectivity index (χ3n) is 8.61. The van der Waals surface area contributed by atoms with Crippen LogP contribution in [0, 0.1) is 5.92 Å². The monoisotopic (exact) mass is 703 g/mol. The molecule has 0 saturated carbocycles. The first kappa shape index (κ1) is 37.8. The van der Waals surface area contributed by atoms with E-state index in [0.717, 1.165) is 25.2 Å². The zero-order chi connectivity index (χ0) is 36.2. The van der Waals surface area contributed by atoms with Crippen molar-refractivity contribution in [3.8, 4) is 11.5 Å². The number of H-pyrrole nitrogens is 1. The minimum absolute atomic E-state index is 0.0734. The number of methoxy groups -OCH3 is 1. The van der Waals surface area contributed by atoms with E-state index in [1.165, 1.54) is 7.11 Å². The highest BCUT2D eigenvalue weighted by atomic mass is 16.8. The van der Waals surface area contributed by atoms with E-state index >= 15 is 0 Å². The summed E-state index contributed by atoms with van der Waals surface area (Å²) in [6.45, 7) is 9.29. The average Bonchev–Trinajstić information content (AvgIpc) is 3.75. The second kappa shape index (κ2) is 18.1. The third kappa shape index (κ3) is 10.8. The van der Waals surface area contributed by atoms with E-state index in [1.54, 1.807) is 54.9 Å². The van der Waals surface area contributed by atoms with Crippen LogP contribution in [0.15, 0.2) is 73.1 Å². The van der Waals surface area contributed by atoms with Gasteiger partial charge in [-0.3, -0.25) is 0 Å². The van der Waals surface area contributed by atoms with Crippen LogP contribution >= 0.6 is 0 Å². The Morgan fingerprint density at radius 2 is 1.90 bits per heavy atom. The van der Waals surface area contributed by atoms with Crippen molar-refractivity contribution in [2.24, 2.45) is 5.92 Å². The second-order valence-electron chi connectivity index (χ2n) is 13.1. The highest BCUT2D eigenvalue weighted by Crippen LogP contribution is 2.36. The third-order valence-corrected chi connectivity index (χ3v) is 8.61. The first-order valence-corrected chi connectivity index (χ1v) is 17.4. The fourth-order valence-corrected chi connectivity index (χ4v) is 5.83. The number of imidazole rings is 1. The summed E-state index contributed by atoms with van der Waals surface area (Å²) in [5, 5.41) is 3.36. The number of hydrogen-bond acceptors (Lipinski definition) is 11. The Morgan fingerprint density at radius 1 is 1.08 bits per heavy atom. The van der Waals surface area contributed by atoms with Gasteiger partial charge in [0.05, 0.1) is 24.8 Å². The summed E-state index contributed by atoms with van der Waals surface area (Å²) < 4.78 is 42.0. The lowest BCUT2D eigenvalue weighted by molar-refractivity contribution is -0.152. The van der Waals surface area contributed by atoms with E-state index in [-0.39, 0.29) is 24.0 Å². The van der Waals surface area contributed by atoms with Crippen molar-refractivity contribution in [1.82, 2.24) is 15.3 Å². The molecule has 0 radical (unpaired) electrons. The molecule has 274 valence electrons. The normalized spacial score (nSPS) is 23.1.